The highest BCUT2D eigenvalue weighted by atomic mass is 79.9. The number of aliphatic carboxylic acids is 1. The monoisotopic (exact) mass is 414 g/mol. The van der Waals surface area contributed by atoms with Gasteiger partial charge in [-0.1, -0.05) is 0 Å². The van der Waals surface area contributed by atoms with Gasteiger partial charge in [0.1, 0.15) is 6.04 Å². The second-order valence-electron chi connectivity index (χ2n) is 5.66. The maximum Gasteiger partial charge on any atom is 0.320 e. The molecule has 0 unspecified atom stereocenters. The van der Waals surface area contributed by atoms with Crippen LogP contribution in [0, 0.1) is 10.1 Å². The predicted octanol–water partition coefficient (Wildman–Crippen LogP) is 0.751. The Morgan fingerprint density at radius 1 is 1.32 bits per heavy atom. The molecule has 0 bridgehead atoms. The van der Waals surface area contributed by atoms with Crippen molar-refractivity contribution in [1.82, 2.24) is 14.9 Å². The van der Waals surface area contributed by atoms with Crippen LogP contribution in [-0.4, -0.2) is 43.5 Å². The van der Waals surface area contributed by atoms with Crippen LogP contribution in [0.2, 0.25) is 0 Å². The summed E-state index contributed by atoms with van der Waals surface area (Å²) in [5.74, 6) is -0.955. The summed E-state index contributed by atoms with van der Waals surface area (Å²) in [5.41, 5.74) is -1.23. The number of non-ortho nitro benzene ring substituents is 1. The van der Waals surface area contributed by atoms with Crippen molar-refractivity contribution in [1.29, 1.82) is 0 Å². The number of nitrogens with zero attached hydrogens (tertiary/aromatic N) is 2. The Labute approximate surface area is 150 Å². The average molecular weight is 415 g/mol. The zero-order valence-corrected chi connectivity index (χ0v) is 14.6. The van der Waals surface area contributed by atoms with Gasteiger partial charge in [-0.3, -0.25) is 29.4 Å². The normalized spacial score (nSPS) is 17.4. The second kappa shape index (κ2) is 7.15. The van der Waals surface area contributed by atoms with Crippen LogP contribution in [0.1, 0.15) is 18.4 Å². The number of carbonyl (C=O) groups is 1. The fraction of sp³-hybridized carbons (Fsp3) is 0.357. The van der Waals surface area contributed by atoms with Gasteiger partial charge in [-0.25, -0.2) is 0 Å². The summed E-state index contributed by atoms with van der Waals surface area (Å²) in [6, 6.07) is 1.77. The van der Waals surface area contributed by atoms with Crippen LogP contribution >= 0.6 is 17.0 Å². The van der Waals surface area contributed by atoms with E-state index < -0.39 is 28.1 Å². The van der Waals surface area contributed by atoms with E-state index in [1.807, 2.05) is 0 Å². The number of H-pyrrole nitrogens is 2. The Bertz CT molecular complexity index is 952. The molecule has 0 amide bonds. The fourth-order valence-corrected chi connectivity index (χ4v) is 3.02. The number of hydrogen-bond donors (Lipinski definition) is 3. The van der Waals surface area contributed by atoms with E-state index in [9.17, 15) is 29.6 Å². The van der Waals surface area contributed by atoms with Crippen molar-refractivity contribution in [2.75, 3.05) is 6.54 Å². The Hall–Kier alpha value is -2.53. The van der Waals surface area contributed by atoms with E-state index in [2.05, 4.69) is 9.97 Å². The van der Waals surface area contributed by atoms with E-state index in [1.54, 1.807) is 4.90 Å². The standard InChI is InChI=1S/C14H14N4O6.BrH/c19-12-13(20)16-11-7(4-8(18(23)24)5-9(11)15-12)6-17-3-1-2-10(17)14(21)22;/h4-5,10H,1-3,6H2,(H,15,19)(H,16,20)(H,21,22);1H/t10-;/m0./s1. The van der Waals surface area contributed by atoms with Gasteiger partial charge in [0.2, 0.25) is 0 Å². The molecule has 3 rings (SSSR count). The summed E-state index contributed by atoms with van der Waals surface area (Å²) >= 11 is 0. The van der Waals surface area contributed by atoms with Crippen molar-refractivity contribution >= 4 is 39.7 Å². The molecule has 1 aliphatic rings. The lowest BCUT2D eigenvalue weighted by Gasteiger charge is -2.21. The molecule has 0 saturated carbocycles. The number of aromatic amines is 2. The van der Waals surface area contributed by atoms with Crippen molar-refractivity contribution in [3.05, 3.63) is 48.5 Å². The third kappa shape index (κ3) is 3.61. The molecular formula is C14H15BrN4O6. The van der Waals surface area contributed by atoms with E-state index in [4.69, 9.17) is 0 Å². The van der Waals surface area contributed by atoms with Gasteiger partial charge >= 0.3 is 17.1 Å². The maximum atomic E-state index is 11.6. The largest absolute Gasteiger partial charge is 0.480 e. The van der Waals surface area contributed by atoms with E-state index in [0.717, 1.165) is 6.07 Å². The Morgan fingerprint density at radius 3 is 2.64 bits per heavy atom. The van der Waals surface area contributed by atoms with Gasteiger partial charge in [0.25, 0.3) is 5.69 Å². The van der Waals surface area contributed by atoms with Crippen molar-refractivity contribution in [2.24, 2.45) is 0 Å². The van der Waals surface area contributed by atoms with Gasteiger partial charge in [-0.05, 0) is 24.9 Å². The van der Waals surface area contributed by atoms with E-state index in [0.29, 0.717) is 24.9 Å². The zero-order valence-electron chi connectivity index (χ0n) is 12.9. The minimum atomic E-state index is -0.955. The fourth-order valence-electron chi connectivity index (χ4n) is 3.02. The molecule has 3 N–H and O–H groups in total. The van der Waals surface area contributed by atoms with Crippen LogP contribution in [0.3, 0.4) is 0 Å². The Morgan fingerprint density at radius 2 is 2.00 bits per heavy atom. The topological polar surface area (TPSA) is 149 Å². The number of likely N-dealkylation sites (tertiary alicyclic amines) is 1. The van der Waals surface area contributed by atoms with Gasteiger partial charge in [-0.2, -0.15) is 0 Å². The first-order valence-electron chi connectivity index (χ1n) is 7.27. The lowest BCUT2D eigenvalue weighted by Crippen LogP contribution is -2.35. The molecule has 0 radical (unpaired) electrons. The highest BCUT2D eigenvalue weighted by Gasteiger charge is 2.31. The molecule has 2 heterocycles. The minimum absolute atomic E-state index is 0. The summed E-state index contributed by atoms with van der Waals surface area (Å²) in [5, 5.41) is 20.3. The van der Waals surface area contributed by atoms with Crippen molar-refractivity contribution in [2.45, 2.75) is 25.4 Å². The third-order valence-corrected chi connectivity index (χ3v) is 4.13. The maximum absolute atomic E-state index is 11.6. The average Bonchev–Trinajstić information content (AvgIpc) is 2.97. The highest BCUT2D eigenvalue weighted by molar-refractivity contribution is 8.93. The first-order chi connectivity index (χ1) is 11.4. The molecule has 10 nitrogen and oxygen atoms in total. The molecule has 1 fully saturated rings. The molecule has 11 heteroatoms. The van der Waals surface area contributed by atoms with Crippen LogP contribution in [0.25, 0.3) is 11.0 Å². The number of nitrogens with one attached hydrogen (secondary N) is 2. The molecule has 1 aromatic carbocycles. The van der Waals surface area contributed by atoms with E-state index in [1.165, 1.54) is 6.07 Å². The number of carboxylic acids is 1. The molecule has 134 valence electrons. The van der Waals surface area contributed by atoms with Gasteiger partial charge < -0.3 is 15.1 Å². The minimum Gasteiger partial charge on any atom is -0.480 e. The van der Waals surface area contributed by atoms with Crippen LogP contribution in [0.15, 0.2) is 21.7 Å². The molecule has 0 aliphatic carbocycles. The number of hydrogen-bond acceptors (Lipinski definition) is 6. The molecule has 1 saturated heterocycles. The van der Waals surface area contributed by atoms with Crippen LogP contribution in [0.4, 0.5) is 5.69 Å². The van der Waals surface area contributed by atoms with Gasteiger partial charge in [0.15, 0.2) is 0 Å². The molecule has 25 heavy (non-hydrogen) atoms. The molecule has 2 aromatic rings. The van der Waals surface area contributed by atoms with Crippen LogP contribution in [0.5, 0.6) is 0 Å². The summed E-state index contributed by atoms with van der Waals surface area (Å²) in [6.45, 7) is 0.659. The first-order valence-corrected chi connectivity index (χ1v) is 7.27. The van der Waals surface area contributed by atoms with Gasteiger partial charge in [0, 0.05) is 18.7 Å². The predicted molar refractivity (Wildman–Crippen MR) is 93.2 cm³/mol. The van der Waals surface area contributed by atoms with Crippen LogP contribution in [-0.2, 0) is 11.3 Å². The number of rotatable bonds is 4. The number of fused-ring (bicyclic) bond motifs is 1. The van der Waals surface area contributed by atoms with E-state index in [-0.39, 0.29) is 40.2 Å². The van der Waals surface area contributed by atoms with Crippen molar-refractivity contribution < 1.29 is 14.8 Å². The lowest BCUT2D eigenvalue weighted by atomic mass is 10.1. The summed E-state index contributed by atoms with van der Waals surface area (Å²) in [6.07, 6.45) is 1.20. The summed E-state index contributed by atoms with van der Waals surface area (Å²) < 4.78 is 0. The number of nitro benzene ring substituents is 1. The SMILES string of the molecule is Br.O=C(O)[C@@H]1CCCN1Cc1cc([N+](=O)[O-])cc2[nH]c(=O)c(=O)[nH]c12. The highest BCUT2D eigenvalue weighted by Crippen LogP contribution is 2.26. The lowest BCUT2D eigenvalue weighted by molar-refractivity contribution is -0.384. The van der Waals surface area contributed by atoms with Crippen molar-refractivity contribution in [3.8, 4) is 0 Å². The molecule has 1 atom stereocenters. The van der Waals surface area contributed by atoms with Crippen molar-refractivity contribution in [3.63, 3.8) is 0 Å². The molecular weight excluding hydrogens is 400 g/mol. The van der Waals surface area contributed by atoms with E-state index >= 15 is 0 Å². The Balaban J connectivity index is 0.00000225. The number of nitro groups is 1. The summed E-state index contributed by atoms with van der Waals surface area (Å²) in [4.78, 5) is 51.2. The number of aromatic nitrogens is 2. The molecule has 1 aromatic heterocycles. The van der Waals surface area contributed by atoms with Crippen LogP contribution < -0.4 is 11.1 Å². The molecule has 0 spiro atoms. The van der Waals surface area contributed by atoms with Gasteiger partial charge in [-0.15, -0.1) is 17.0 Å². The second-order valence-corrected chi connectivity index (χ2v) is 5.66. The van der Waals surface area contributed by atoms with Gasteiger partial charge in [0.05, 0.1) is 16.0 Å². The first kappa shape index (κ1) is 18.8. The number of halogens is 1. The Kier molecular flexibility index (Phi) is 5.38. The molecule has 1 aliphatic heterocycles. The number of benzene rings is 1. The smallest absolute Gasteiger partial charge is 0.320 e. The third-order valence-electron chi connectivity index (χ3n) is 4.13. The summed E-state index contributed by atoms with van der Waals surface area (Å²) in [7, 11) is 0. The number of carboxylic acid groups (broad SMARTS) is 1. The zero-order chi connectivity index (χ0) is 17.4. The quantitative estimate of drug-likeness (QED) is 0.379.